The van der Waals surface area contributed by atoms with E-state index in [1.165, 1.54) is 5.56 Å². The topological polar surface area (TPSA) is 54.5 Å². The number of morpholine rings is 1. The van der Waals surface area contributed by atoms with Crippen molar-refractivity contribution in [2.75, 3.05) is 43.5 Å². The SMILES string of the molecule is O=C(NCCSCc1ccccc1)c1cccnc1N1CCOCC1. The molecule has 6 heteroatoms. The summed E-state index contributed by atoms with van der Waals surface area (Å²) in [6.45, 7) is 3.53. The summed E-state index contributed by atoms with van der Waals surface area (Å²) in [7, 11) is 0. The van der Waals surface area contributed by atoms with Crippen molar-refractivity contribution < 1.29 is 9.53 Å². The maximum atomic E-state index is 12.5. The first-order chi connectivity index (χ1) is 12.3. The van der Waals surface area contributed by atoms with Crippen LogP contribution < -0.4 is 10.2 Å². The Hall–Kier alpha value is -2.05. The average molecular weight is 357 g/mol. The van der Waals surface area contributed by atoms with E-state index >= 15 is 0 Å². The van der Waals surface area contributed by atoms with Gasteiger partial charge < -0.3 is 15.0 Å². The Morgan fingerprint density at radius 3 is 2.76 bits per heavy atom. The van der Waals surface area contributed by atoms with Gasteiger partial charge in [-0.3, -0.25) is 4.79 Å². The number of nitrogens with zero attached hydrogens (tertiary/aromatic N) is 2. The Bertz CT molecular complexity index is 675. The minimum atomic E-state index is -0.0603. The minimum absolute atomic E-state index is 0.0603. The summed E-state index contributed by atoms with van der Waals surface area (Å²) in [4.78, 5) is 19.0. The van der Waals surface area contributed by atoms with Gasteiger partial charge in [0.25, 0.3) is 5.91 Å². The highest BCUT2D eigenvalue weighted by Gasteiger charge is 2.19. The molecule has 0 atom stereocenters. The van der Waals surface area contributed by atoms with Gasteiger partial charge in [0.2, 0.25) is 0 Å². The lowest BCUT2D eigenvalue weighted by Crippen LogP contribution is -2.38. The minimum Gasteiger partial charge on any atom is -0.378 e. The Kier molecular flexibility index (Phi) is 6.71. The molecular weight excluding hydrogens is 334 g/mol. The second kappa shape index (κ2) is 9.44. The molecule has 1 aliphatic heterocycles. The molecular formula is C19H23N3O2S. The summed E-state index contributed by atoms with van der Waals surface area (Å²) in [6.07, 6.45) is 1.73. The van der Waals surface area contributed by atoms with Gasteiger partial charge in [-0.2, -0.15) is 11.8 Å². The number of anilines is 1. The molecule has 0 unspecified atom stereocenters. The zero-order valence-electron chi connectivity index (χ0n) is 14.2. The van der Waals surface area contributed by atoms with Gasteiger partial charge >= 0.3 is 0 Å². The molecule has 2 aromatic rings. The molecule has 0 saturated carbocycles. The summed E-state index contributed by atoms with van der Waals surface area (Å²) in [5.41, 5.74) is 1.94. The normalized spacial score (nSPS) is 14.3. The van der Waals surface area contributed by atoms with Crippen LogP contribution in [0.5, 0.6) is 0 Å². The number of pyridine rings is 1. The maximum absolute atomic E-state index is 12.5. The molecule has 2 heterocycles. The largest absolute Gasteiger partial charge is 0.378 e. The number of amides is 1. The molecule has 1 N–H and O–H groups in total. The molecule has 1 aliphatic rings. The van der Waals surface area contributed by atoms with Crippen LogP contribution in [0.4, 0.5) is 5.82 Å². The molecule has 0 aliphatic carbocycles. The number of rotatable bonds is 7. The van der Waals surface area contributed by atoms with Crippen molar-refractivity contribution in [3.63, 3.8) is 0 Å². The molecule has 132 valence electrons. The number of thioether (sulfide) groups is 1. The van der Waals surface area contributed by atoms with Crippen LogP contribution in [-0.4, -0.2) is 49.5 Å². The summed E-state index contributed by atoms with van der Waals surface area (Å²) in [5, 5.41) is 3.01. The summed E-state index contributed by atoms with van der Waals surface area (Å²) < 4.78 is 5.38. The lowest BCUT2D eigenvalue weighted by Gasteiger charge is -2.29. The van der Waals surface area contributed by atoms with Crippen LogP contribution >= 0.6 is 11.8 Å². The third kappa shape index (κ3) is 5.21. The third-order valence-corrected chi connectivity index (χ3v) is 5.02. The van der Waals surface area contributed by atoms with E-state index in [4.69, 9.17) is 4.74 Å². The van der Waals surface area contributed by atoms with Gasteiger partial charge in [0.05, 0.1) is 18.8 Å². The first kappa shape index (κ1) is 17.8. The van der Waals surface area contributed by atoms with Crippen LogP contribution in [-0.2, 0) is 10.5 Å². The standard InChI is InChI=1S/C19H23N3O2S/c23-19(21-9-14-25-15-16-5-2-1-3-6-16)17-7-4-8-20-18(17)22-10-12-24-13-11-22/h1-8H,9-15H2,(H,21,23). The highest BCUT2D eigenvalue weighted by atomic mass is 32.2. The van der Waals surface area contributed by atoms with Crippen molar-refractivity contribution in [1.82, 2.24) is 10.3 Å². The Labute approximate surface area is 152 Å². The van der Waals surface area contributed by atoms with Crippen LogP contribution in [0.2, 0.25) is 0 Å². The number of ether oxygens (including phenoxy) is 1. The number of nitrogens with one attached hydrogen (secondary N) is 1. The predicted octanol–water partition coefficient (Wildman–Crippen LogP) is 2.58. The number of carbonyl (C=O) groups is 1. The molecule has 1 aromatic heterocycles. The van der Waals surface area contributed by atoms with Crippen LogP contribution in [0.15, 0.2) is 48.7 Å². The average Bonchev–Trinajstić information content (AvgIpc) is 2.69. The van der Waals surface area contributed by atoms with Crippen LogP contribution in [0.3, 0.4) is 0 Å². The van der Waals surface area contributed by atoms with Crippen molar-refractivity contribution >= 4 is 23.5 Å². The molecule has 1 aromatic carbocycles. The number of benzene rings is 1. The molecule has 0 spiro atoms. The lowest BCUT2D eigenvalue weighted by molar-refractivity contribution is 0.0954. The summed E-state index contributed by atoms with van der Waals surface area (Å²) in [5.74, 6) is 2.53. The van der Waals surface area contributed by atoms with E-state index in [0.29, 0.717) is 25.3 Å². The molecule has 3 rings (SSSR count). The molecule has 1 fully saturated rings. The predicted molar refractivity (Wildman–Crippen MR) is 102 cm³/mol. The Morgan fingerprint density at radius 2 is 1.96 bits per heavy atom. The van der Waals surface area contributed by atoms with Crippen LogP contribution in [0.1, 0.15) is 15.9 Å². The van der Waals surface area contributed by atoms with E-state index in [-0.39, 0.29) is 5.91 Å². The molecule has 0 bridgehead atoms. The zero-order valence-corrected chi connectivity index (χ0v) is 15.0. The molecule has 0 radical (unpaired) electrons. The maximum Gasteiger partial charge on any atom is 0.255 e. The van der Waals surface area contributed by atoms with Gasteiger partial charge in [0.1, 0.15) is 5.82 Å². The third-order valence-electron chi connectivity index (χ3n) is 3.99. The highest BCUT2D eigenvalue weighted by Crippen LogP contribution is 2.18. The first-order valence-electron chi connectivity index (χ1n) is 8.52. The van der Waals surface area contributed by atoms with Gasteiger partial charge in [-0.15, -0.1) is 0 Å². The first-order valence-corrected chi connectivity index (χ1v) is 9.67. The van der Waals surface area contributed by atoms with Crippen LogP contribution in [0, 0.1) is 0 Å². The van der Waals surface area contributed by atoms with Gasteiger partial charge in [-0.05, 0) is 17.7 Å². The van der Waals surface area contributed by atoms with E-state index in [9.17, 15) is 4.79 Å². The zero-order chi connectivity index (χ0) is 17.3. The van der Waals surface area contributed by atoms with Gasteiger partial charge in [0.15, 0.2) is 0 Å². The van der Waals surface area contributed by atoms with Gasteiger partial charge in [-0.1, -0.05) is 30.3 Å². The number of aromatic nitrogens is 1. The molecule has 1 saturated heterocycles. The monoisotopic (exact) mass is 357 g/mol. The fraction of sp³-hybridized carbons (Fsp3) is 0.368. The van der Waals surface area contributed by atoms with Crippen molar-refractivity contribution in [3.8, 4) is 0 Å². The Morgan fingerprint density at radius 1 is 1.16 bits per heavy atom. The number of carbonyl (C=O) groups excluding carboxylic acids is 1. The van der Waals surface area contributed by atoms with Crippen molar-refractivity contribution in [1.29, 1.82) is 0 Å². The van der Waals surface area contributed by atoms with E-state index in [0.717, 1.165) is 30.4 Å². The second-order valence-corrected chi connectivity index (χ2v) is 6.87. The van der Waals surface area contributed by atoms with E-state index in [1.54, 1.807) is 6.20 Å². The lowest BCUT2D eigenvalue weighted by atomic mass is 10.2. The second-order valence-electron chi connectivity index (χ2n) is 5.77. The Balaban J connectivity index is 1.48. The quantitative estimate of drug-likeness (QED) is 0.772. The highest BCUT2D eigenvalue weighted by molar-refractivity contribution is 7.98. The molecule has 25 heavy (non-hydrogen) atoms. The van der Waals surface area contributed by atoms with E-state index in [2.05, 4.69) is 27.3 Å². The van der Waals surface area contributed by atoms with Crippen molar-refractivity contribution in [3.05, 3.63) is 59.8 Å². The van der Waals surface area contributed by atoms with E-state index < -0.39 is 0 Å². The summed E-state index contributed by atoms with van der Waals surface area (Å²) >= 11 is 1.82. The number of hydrogen-bond donors (Lipinski definition) is 1. The van der Waals surface area contributed by atoms with Gasteiger partial charge in [0, 0.05) is 37.3 Å². The van der Waals surface area contributed by atoms with Crippen LogP contribution in [0.25, 0.3) is 0 Å². The van der Waals surface area contributed by atoms with E-state index in [1.807, 2.05) is 42.1 Å². The number of hydrogen-bond acceptors (Lipinski definition) is 5. The fourth-order valence-corrected chi connectivity index (χ4v) is 3.52. The summed E-state index contributed by atoms with van der Waals surface area (Å²) in [6, 6.07) is 14.0. The van der Waals surface area contributed by atoms with Crippen molar-refractivity contribution in [2.45, 2.75) is 5.75 Å². The molecule has 1 amide bonds. The molecule has 5 nitrogen and oxygen atoms in total. The van der Waals surface area contributed by atoms with Crippen molar-refractivity contribution in [2.24, 2.45) is 0 Å². The van der Waals surface area contributed by atoms with Gasteiger partial charge in [-0.25, -0.2) is 4.98 Å². The fourth-order valence-electron chi connectivity index (χ4n) is 2.70. The smallest absolute Gasteiger partial charge is 0.255 e.